The van der Waals surface area contributed by atoms with E-state index in [-0.39, 0.29) is 37.5 Å². The second-order valence-electron chi connectivity index (χ2n) is 8.33. The molecule has 1 aliphatic heterocycles. The predicted octanol–water partition coefficient (Wildman–Crippen LogP) is 5.69. The summed E-state index contributed by atoms with van der Waals surface area (Å²) in [5, 5.41) is 9.58. The van der Waals surface area contributed by atoms with Crippen molar-refractivity contribution in [2.24, 2.45) is 0 Å². The van der Waals surface area contributed by atoms with Crippen LogP contribution in [0.15, 0.2) is 78.9 Å². The van der Waals surface area contributed by atoms with Gasteiger partial charge in [0.15, 0.2) is 0 Å². The molecule has 1 saturated heterocycles. The van der Waals surface area contributed by atoms with Gasteiger partial charge in [-0.25, -0.2) is 4.79 Å². The number of hydrogen-bond donors (Lipinski definition) is 1. The lowest BCUT2D eigenvalue weighted by Gasteiger charge is -2.40. The van der Waals surface area contributed by atoms with Gasteiger partial charge in [0.1, 0.15) is 6.61 Å². The highest BCUT2D eigenvalue weighted by Gasteiger charge is 2.26. The Morgan fingerprint density at radius 3 is 2.03 bits per heavy atom. The van der Waals surface area contributed by atoms with Crippen molar-refractivity contribution in [3.8, 4) is 0 Å². The van der Waals surface area contributed by atoms with Gasteiger partial charge in [-0.2, -0.15) is 0 Å². The Hall–Kier alpha value is -2.12. The number of carboxylic acids is 1. The number of nitrogens with zero attached hydrogens (tertiary/aromatic N) is 2. The van der Waals surface area contributed by atoms with E-state index >= 15 is 0 Å². The molecular formula is C27H31Cl3N2O3. The number of halogens is 3. The van der Waals surface area contributed by atoms with E-state index < -0.39 is 5.97 Å². The van der Waals surface area contributed by atoms with Crippen molar-refractivity contribution < 1.29 is 14.6 Å². The molecule has 0 aromatic heterocycles. The molecule has 0 saturated carbocycles. The van der Waals surface area contributed by atoms with Crippen molar-refractivity contribution in [2.45, 2.75) is 19.2 Å². The molecular weight excluding hydrogens is 507 g/mol. The topological polar surface area (TPSA) is 53.0 Å². The molecule has 0 radical (unpaired) electrons. The summed E-state index contributed by atoms with van der Waals surface area (Å²) in [5.74, 6) is -0.947. The zero-order chi connectivity index (χ0) is 23.0. The van der Waals surface area contributed by atoms with Crippen LogP contribution in [0.2, 0.25) is 5.02 Å². The van der Waals surface area contributed by atoms with Crippen molar-refractivity contribution in [3.63, 3.8) is 0 Å². The number of piperazine rings is 1. The number of carbonyl (C=O) groups is 1. The van der Waals surface area contributed by atoms with Crippen LogP contribution in [0.3, 0.4) is 0 Å². The van der Waals surface area contributed by atoms with Crippen LogP contribution >= 0.6 is 36.4 Å². The van der Waals surface area contributed by atoms with Gasteiger partial charge in [0, 0.05) is 37.7 Å². The van der Waals surface area contributed by atoms with Gasteiger partial charge in [0.05, 0.1) is 12.6 Å². The molecule has 4 rings (SSSR count). The van der Waals surface area contributed by atoms with Crippen LogP contribution in [0.25, 0.3) is 0 Å². The zero-order valence-corrected chi connectivity index (χ0v) is 21.8. The molecule has 188 valence electrons. The molecule has 8 heteroatoms. The van der Waals surface area contributed by atoms with Gasteiger partial charge in [-0.05, 0) is 34.4 Å². The number of rotatable bonds is 9. The number of hydrogen-bond acceptors (Lipinski definition) is 4. The highest BCUT2D eigenvalue weighted by molar-refractivity contribution is 6.30. The molecule has 1 N–H and O–H groups in total. The Labute approximate surface area is 224 Å². The van der Waals surface area contributed by atoms with Crippen LogP contribution in [0.5, 0.6) is 0 Å². The maximum Gasteiger partial charge on any atom is 0.329 e. The average Bonchev–Trinajstić information content (AvgIpc) is 2.83. The van der Waals surface area contributed by atoms with Crippen molar-refractivity contribution >= 4 is 42.4 Å². The monoisotopic (exact) mass is 536 g/mol. The summed E-state index contributed by atoms with van der Waals surface area (Å²) in [6, 6.07) is 27.1. The fourth-order valence-corrected chi connectivity index (χ4v) is 4.54. The lowest BCUT2D eigenvalue weighted by molar-refractivity contribution is -0.142. The number of ether oxygens (including phenoxy) is 1. The Morgan fingerprint density at radius 1 is 0.829 bits per heavy atom. The van der Waals surface area contributed by atoms with E-state index in [0.717, 1.165) is 43.3 Å². The predicted molar refractivity (Wildman–Crippen MR) is 145 cm³/mol. The zero-order valence-electron chi connectivity index (χ0n) is 19.4. The fraction of sp³-hybridized carbons (Fsp3) is 0.296. The fourth-order valence-electron chi connectivity index (χ4n) is 4.42. The highest BCUT2D eigenvalue weighted by atomic mass is 35.5. The summed E-state index contributed by atoms with van der Waals surface area (Å²) in [6.45, 7) is 4.70. The molecule has 0 bridgehead atoms. The normalized spacial score (nSPS) is 15.0. The van der Waals surface area contributed by atoms with E-state index in [1.165, 1.54) is 16.7 Å². The van der Waals surface area contributed by atoms with Gasteiger partial charge in [-0.15, -0.1) is 24.8 Å². The number of benzene rings is 3. The first-order valence-corrected chi connectivity index (χ1v) is 11.6. The van der Waals surface area contributed by atoms with E-state index in [4.69, 9.17) is 21.4 Å². The van der Waals surface area contributed by atoms with Gasteiger partial charge in [0.2, 0.25) is 0 Å². The average molecular weight is 538 g/mol. The maximum atomic E-state index is 10.8. The summed E-state index contributed by atoms with van der Waals surface area (Å²) >= 11 is 6.15. The Morgan fingerprint density at radius 2 is 1.40 bits per heavy atom. The number of aliphatic carboxylic acids is 1. The third kappa shape index (κ3) is 8.21. The maximum absolute atomic E-state index is 10.8. The van der Waals surface area contributed by atoms with Crippen LogP contribution in [-0.4, -0.2) is 53.7 Å². The quantitative estimate of drug-likeness (QED) is 0.380. The van der Waals surface area contributed by atoms with Gasteiger partial charge >= 0.3 is 5.97 Å². The molecule has 0 aliphatic carbocycles. The molecule has 1 fully saturated rings. The van der Waals surface area contributed by atoms with Crippen LogP contribution in [-0.2, 0) is 22.7 Å². The Bertz CT molecular complexity index is 1040. The van der Waals surface area contributed by atoms with Gasteiger partial charge < -0.3 is 9.84 Å². The summed E-state index contributed by atoms with van der Waals surface area (Å²) in [5.41, 5.74) is 4.77. The van der Waals surface area contributed by atoms with Crippen LogP contribution in [0.1, 0.15) is 28.3 Å². The smallest absolute Gasteiger partial charge is 0.329 e. The number of carboxylic acid groups (broad SMARTS) is 1. The second-order valence-corrected chi connectivity index (χ2v) is 8.77. The van der Waals surface area contributed by atoms with E-state index in [1.54, 1.807) is 0 Å². The lowest BCUT2D eigenvalue weighted by atomic mass is 9.96. The van der Waals surface area contributed by atoms with Crippen molar-refractivity contribution in [1.29, 1.82) is 0 Å². The Balaban J connectivity index is 0.00000216. The first-order chi connectivity index (χ1) is 16.1. The Kier molecular flexibility index (Phi) is 12.0. The van der Waals surface area contributed by atoms with Crippen molar-refractivity contribution in [1.82, 2.24) is 9.80 Å². The molecule has 0 spiro atoms. The molecule has 1 aliphatic rings. The van der Waals surface area contributed by atoms with E-state index in [0.29, 0.717) is 6.61 Å². The minimum Gasteiger partial charge on any atom is -0.480 e. The minimum absolute atomic E-state index is 0. The van der Waals surface area contributed by atoms with Crippen LogP contribution < -0.4 is 0 Å². The van der Waals surface area contributed by atoms with Crippen molar-refractivity contribution in [3.05, 3.63) is 106 Å². The molecule has 1 heterocycles. The first kappa shape index (κ1) is 29.1. The minimum atomic E-state index is -0.947. The van der Waals surface area contributed by atoms with Gasteiger partial charge in [-0.3, -0.25) is 9.80 Å². The molecule has 1 atom stereocenters. The largest absolute Gasteiger partial charge is 0.480 e. The van der Waals surface area contributed by atoms with Crippen LogP contribution in [0, 0.1) is 0 Å². The summed E-state index contributed by atoms with van der Waals surface area (Å²) in [6.07, 6.45) is 0. The molecule has 0 amide bonds. The van der Waals surface area contributed by atoms with Crippen molar-refractivity contribution in [2.75, 3.05) is 32.8 Å². The summed E-state index contributed by atoms with van der Waals surface area (Å²) in [7, 11) is 0. The van der Waals surface area contributed by atoms with Crippen LogP contribution in [0.4, 0.5) is 0 Å². The highest BCUT2D eigenvalue weighted by Crippen LogP contribution is 2.30. The molecule has 5 nitrogen and oxygen atoms in total. The molecule has 3 aromatic rings. The van der Waals surface area contributed by atoms with Gasteiger partial charge in [-0.1, -0.05) is 78.3 Å². The van der Waals surface area contributed by atoms with Gasteiger partial charge in [0.25, 0.3) is 0 Å². The molecule has 35 heavy (non-hydrogen) atoms. The third-order valence-electron chi connectivity index (χ3n) is 6.07. The molecule has 1 unspecified atom stereocenters. The van der Waals surface area contributed by atoms with E-state index in [1.807, 2.05) is 30.3 Å². The summed E-state index contributed by atoms with van der Waals surface area (Å²) < 4.78 is 5.33. The first-order valence-electron chi connectivity index (χ1n) is 11.2. The summed E-state index contributed by atoms with van der Waals surface area (Å²) in [4.78, 5) is 15.7. The second kappa shape index (κ2) is 14.4. The van der Waals surface area contributed by atoms with E-state index in [9.17, 15) is 4.79 Å². The van der Waals surface area contributed by atoms with E-state index in [2.05, 4.69) is 58.3 Å². The third-order valence-corrected chi connectivity index (χ3v) is 6.32. The lowest BCUT2D eigenvalue weighted by Crippen LogP contribution is -2.47. The SMILES string of the molecule is Cl.Cl.O=C(O)COCc1ccccc1CN1CCN(C(c2ccccc2)c2ccc(Cl)cc2)CC1. The standard InChI is InChI=1S/C27H29ClN2O3.2ClH/c28-25-12-10-22(11-13-25)27(21-6-2-1-3-7-21)30-16-14-29(15-17-30)18-23-8-4-5-9-24(23)19-33-20-26(31)32;;/h1-13,27H,14-20H2,(H,31,32);2*1H. The molecule has 3 aromatic carbocycles.